The number of amides is 2. The molecule has 3 rings (SSSR count). The first kappa shape index (κ1) is 17.0. The van der Waals surface area contributed by atoms with Gasteiger partial charge in [0, 0.05) is 43.7 Å². The zero-order valence-corrected chi connectivity index (χ0v) is 14.5. The van der Waals surface area contributed by atoms with Crippen molar-refractivity contribution in [2.75, 3.05) is 25.1 Å². The highest BCUT2D eigenvalue weighted by atomic mass is 16.5. The van der Waals surface area contributed by atoms with Crippen LogP contribution in [0, 0.1) is 5.92 Å². The topological polar surface area (TPSA) is 84.7 Å². The summed E-state index contributed by atoms with van der Waals surface area (Å²) in [5.41, 5.74) is 0.638. The molecule has 24 heavy (non-hydrogen) atoms. The zero-order chi connectivity index (χ0) is 17.3. The fraction of sp³-hybridized carbons (Fsp3) is 0.706. The van der Waals surface area contributed by atoms with E-state index in [0.29, 0.717) is 25.6 Å². The van der Waals surface area contributed by atoms with Gasteiger partial charge < -0.3 is 14.2 Å². The van der Waals surface area contributed by atoms with Crippen molar-refractivity contribution < 1.29 is 18.8 Å². The van der Waals surface area contributed by atoms with Gasteiger partial charge in [-0.1, -0.05) is 25.9 Å². The van der Waals surface area contributed by atoms with E-state index in [1.54, 1.807) is 6.07 Å². The maximum Gasteiger partial charge on any atom is 0.232 e. The van der Waals surface area contributed by atoms with Crippen molar-refractivity contribution in [2.45, 2.75) is 51.5 Å². The fourth-order valence-corrected chi connectivity index (χ4v) is 3.17. The average molecular weight is 335 g/mol. The number of hydrogen-bond acceptors (Lipinski definition) is 5. The number of hydrogen-bond donors (Lipinski definition) is 1. The van der Waals surface area contributed by atoms with Gasteiger partial charge in [0.05, 0.1) is 11.6 Å². The molecule has 2 aliphatic rings. The van der Waals surface area contributed by atoms with Crippen LogP contribution in [0.25, 0.3) is 0 Å². The van der Waals surface area contributed by atoms with Gasteiger partial charge in [-0.15, -0.1) is 0 Å². The van der Waals surface area contributed by atoms with E-state index in [0.717, 1.165) is 18.5 Å². The van der Waals surface area contributed by atoms with Crippen molar-refractivity contribution in [2.24, 2.45) is 5.92 Å². The fourth-order valence-electron chi connectivity index (χ4n) is 3.17. The summed E-state index contributed by atoms with van der Waals surface area (Å²) < 4.78 is 10.5. The highest BCUT2D eigenvalue weighted by molar-refractivity contribution is 5.96. The van der Waals surface area contributed by atoms with E-state index in [1.807, 2.05) is 25.7 Å². The van der Waals surface area contributed by atoms with Crippen LogP contribution < -0.4 is 5.32 Å². The second-order valence-electron chi connectivity index (χ2n) is 7.61. The van der Waals surface area contributed by atoms with Crippen molar-refractivity contribution in [3.05, 3.63) is 11.8 Å². The molecule has 0 radical (unpaired) electrons. The van der Waals surface area contributed by atoms with Crippen LogP contribution >= 0.6 is 0 Å². The van der Waals surface area contributed by atoms with Crippen LogP contribution in [0.2, 0.25) is 0 Å². The number of carbonyl (C=O) groups is 2. The number of nitrogens with one attached hydrogen (secondary N) is 1. The summed E-state index contributed by atoms with van der Waals surface area (Å²) in [6, 6.07) is 1.94. The van der Waals surface area contributed by atoms with Crippen LogP contribution in [0.3, 0.4) is 0 Å². The van der Waals surface area contributed by atoms with Crippen molar-refractivity contribution in [1.29, 1.82) is 0 Å². The molecule has 0 spiro atoms. The maximum atomic E-state index is 12.4. The van der Waals surface area contributed by atoms with Gasteiger partial charge in [-0.2, -0.15) is 0 Å². The molecule has 132 valence electrons. The lowest BCUT2D eigenvalue weighted by molar-refractivity contribution is -0.131. The first-order valence-corrected chi connectivity index (χ1v) is 8.50. The van der Waals surface area contributed by atoms with Gasteiger partial charge >= 0.3 is 0 Å². The maximum absolute atomic E-state index is 12.4. The molecular formula is C17H25N3O4. The molecule has 1 atom stereocenters. The Bertz CT molecular complexity index is 614. The van der Waals surface area contributed by atoms with Crippen LogP contribution in [0.1, 0.15) is 45.7 Å². The largest absolute Gasteiger partial charge is 0.381 e. The molecule has 2 aliphatic heterocycles. The first-order chi connectivity index (χ1) is 11.3. The average Bonchev–Trinajstić information content (AvgIpc) is 3.14. The molecule has 0 bridgehead atoms. The molecule has 0 saturated carbocycles. The van der Waals surface area contributed by atoms with Gasteiger partial charge in [0.1, 0.15) is 0 Å². The highest BCUT2D eigenvalue weighted by Crippen LogP contribution is 2.27. The summed E-state index contributed by atoms with van der Waals surface area (Å²) in [4.78, 5) is 26.5. The third-order valence-corrected chi connectivity index (χ3v) is 4.69. The SMILES string of the molecule is CC(C)(C)c1cc(NC(=O)C2CC(=O)N(C3CCOCC3)C2)on1. The second-order valence-corrected chi connectivity index (χ2v) is 7.61. The smallest absolute Gasteiger partial charge is 0.232 e. The number of nitrogens with zero attached hydrogens (tertiary/aromatic N) is 2. The van der Waals surface area contributed by atoms with E-state index in [9.17, 15) is 9.59 Å². The number of rotatable bonds is 3. The molecule has 3 heterocycles. The normalized spacial score (nSPS) is 22.9. The number of aromatic nitrogens is 1. The second kappa shape index (κ2) is 6.55. The molecule has 1 aromatic rings. The number of anilines is 1. The lowest BCUT2D eigenvalue weighted by atomic mass is 9.92. The third kappa shape index (κ3) is 3.61. The first-order valence-electron chi connectivity index (χ1n) is 8.50. The summed E-state index contributed by atoms with van der Waals surface area (Å²) >= 11 is 0. The number of ether oxygens (including phenoxy) is 1. The Morgan fingerprint density at radius 1 is 1.33 bits per heavy atom. The van der Waals surface area contributed by atoms with Crippen molar-refractivity contribution in [3.63, 3.8) is 0 Å². The van der Waals surface area contributed by atoms with Gasteiger partial charge in [-0.25, -0.2) is 0 Å². The Hall–Kier alpha value is -1.89. The Morgan fingerprint density at radius 3 is 2.67 bits per heavy atom. The summed E-state index contributed by atoms with van der Waals surface area (Å²) in [6.45, 7) is 7.90. The molecule has 2 fully saturated rings. The summed E-state index contributed by atoms with van der Waals surface area (Å²) in [7, 11) is 0. The van der Waals surface area contributed by atoms with Crippen molar-refractivity contribution in [1.82, 2.24) is 10.1 Å². The van der Waals surface area contributed by atoms with E-state index in [1.165, 1.54) is 0 Å². The van der Waals surface area contributed by atoms with E-state index in [4.69, 9.17) is 9.26 Å². The van der Waals surface area contributed by atoms with E-state index in [2.05, 4.69) is 10.5 Å². The van der Waals surface area contributed by atoms with E-state index in [-0.39, 0.29) is 35.6 Å². The minimum absolute atomic E-state index is 0.0509. The Labute approximate surface area is 141 Å². The lowest BCUT2D eigenvalue weighted by Crippen LogP contribution is -2.40. The summed E-state index contributed by atoms with van der Waals surface area (Å²) in [5, 5.41) is 6.74. The minimum atomic E-state index is -0.344. The van der Waals surface area contributed by atoms with Gasteiger partial charge in [0.2, 0.25) is 17.7 Å². The number of likely N-dealkylation sites (tertiary alicyclic amines) is 1. The predicted octanol–water partition coefficient (Wildman–Crippen LogP) is 1.94. The third-order valence-electron chi connectivity index (χ3n) is 4.69. The summed E-state index contributed by atoms with van der Waals surface area (Å²) in [6.07, 6.45) is 1.94. The van der Waals surface area contributed by atoms with Gasteiger partial charge in [0.15, 0.2) is 0 Å². The highest BCUT2D eigenvalue weighted by Gasteiger charge is 2.38. The quantitative estimate of drug-likeness (QED) is 0.912. The van der Waals surface area contributed by atoms with Crippen molar-refractivity contribution >= 4 is 17.7 Å². The van der Waals surface area contributed by atoms with Crippen LogP contribution in [-0.4, -0.2) is 47.7 Å². The Morgan fingerprint density at radius 2 is 2.04 bits per heavy atom. The Kier molecular flexibility index (Phi) is 4.62. The van der Waals surface area contributed by atoms with E-state index < -0.39 is 0 Å². The van der Waals surface area contributed by atoms with Crippen LogP contribution in [0.4, 0.5) is 5.88 Å². The minimum Gasteiger partial charge on any atom is -0.381 e. The van der Waals surface area contributed by atoms with Crippen LogP contribution in [-0.2, 0) is 19.7 Å². The van der Waals surface area contributed by atoms with Gasteiger partial charge in [-0.3, -0.25) is 14.9 Å². The predicted molar refractivity (Wildman–Crippen MR) is 87.5 cm³/mol. The van der Waals surface area contributed by atoms with Gasteiger partial charge in [0.25, 0.3) is 0 Å². The standard InChI is InChI=1S/C17H25N3O4/c1-17(2,3)13-9-14(24-19-13)18-16(22)11-8-15(21)20(10-11)12-4-6-23-7-5-12/h9,11-12H,4-8,10H2,1-3H3,(H,18,22). The van der Waals surface area contributed by atoms with E-state index >= 15 is 0 Å². The molecular weight excluding hydrogens is 310 g/mol. The van der Waals surface area contributed by atoms with Crippen molar-refractivity contribution in [3.8, 4) is 0 Å². The monoisotopic (exact) mass is 335 g/mol. The molecule has 2 saturated heterocycles. The molecule has 0 aliphatic carbocycles. The number of carbonyl (C=O) groups excluding carboxylic acids is 2. The lowest BCUT2D eigenvalue weighted by Gasteiger charge is -2.31. The molecule has 7 nitrogen and oxygen atoms in total. The van der Waals surface area contributed by atoms with Gasteiger partial charge in [-0.05, 0) is 12.8 Å². The molecule has 2 amide bonds. The molecule has 1 N–H and O–H groups in total. The van der Waals surface area contributed by atoms with Crippen LogP contribution in [0.5, 0.6) is 0 Å². The Balaban J connectivity index is 1.59. The molecule has 7 heteroatoms. The zero-order valence-electron chi connectivity index (χ0n) is 14.5. The molecule has 0 aromatic carbocycles. The summed E-state index contributed by atoms with van der Waals surface area (Å²) in [5.74, 6) is -0.144. The molecule has 1 unspecified atom stereocenters. The van der Waals surface area contributed by atoms with Crippen LogP contribution in [0.15, 0.2) is 10.6 Å². The molecule has 1 aromatic heterocycles.